The standard InChI is InChI=1S/C16H14Cl2OS/c1-10-3-4-11(2)16(7-10)20-9-15(19)13-8-12(17)5-6-14(13)18/h3-8H,9H2,1-2H3. The Bertz CT molecular complexity index is 653. The number of Topliss-reactive ketones (excluding diaryl/α,β-unsaturated/α-hetero) is 1. The molecule has 1 nitrogen and oxygen atoms in total. The Morgan fingerprint density at radius 1 is 1.10 bits per heavy atom. The first kappa shape index (κ1) is 15.4. The molecule has 0 spiro atoms. The lowest BCUT2D eigenvalue weighted by atomic mass is 10.1. The van der Waals surface area contributed by atoms with E-state index >= 15 is 0 Å². The van der Waals surface area contributed by atoms with E-state index in [9.17, 15) is 4.79 Å². The number of carbonyl (C=O) groups excluding carboxylic acids is 1. The number of rotatable bonds is 4. The molecule has 4 heteroatoms. The van der Waals surface area contributed by atoms with Crippen molar-refractivity contribution >= 4 is 40.7 Å². The number of ketones is 1. The number of halogens is 2. The van der Waals surface area contributed by atoms with Crippen LogP contribution >= 0.6 is 35.0 Å². The van der Waals surface area contributed by atoms with Crippen molar-refractivity contribution in [3.05, 3.63) is 63.1 Å². The fourth-order valence-corrected chi connectivity index (χ4v) is 3.20. The molecule has 0 unspecified atom stereocenters. The molecule has 2 aromatic carbocycles. The van der Waals surface area contributed by atoms with Crippen molar-refractivity contribution in [2.45, 2.75) is 18.7 Å². The second-order valence-electron chi connectivity index (χ2n) is 4.60. The highest BCUT2D eigenvalue weighted by atomic mass is 35.5. The summed E-state index contributed by atoms with van der Waals surface area (Å²) in [4.78, 5) is 13.3. The Labute approximate surface area is 133 Å². The molecule has 0 aliphatic carbocycles. The zero-order valence-corrected chi connectivity index (χ0v) is 13.6. The lowest BCUT2D eigenvalue weighted by Crippen LogP contribution is -2.03. The Kier molecular flexibility index (Phi) is 5.14. The van der Waals surface area contributed by atoms with E-state index in [2.05, 4.69) is 18.2 Å². The summed E-state index contributed by atoms with van der Waals surface area (Å²) in [6.45, 7) is 4.08. The number of hydrogen-bond donors (Lipinski definition) is 0. The molecule has 104 valence electrons. The Morgan fingerprint density at radius 3 is 2.60 bits per heavy atom. The van der Waals surface area contributed by atoms with Gasteiger partial charge in [-0.25, -0.2) is 0 Å². The van der Waals surface area contributed by atoms with Gasteiger partial charge in [0.05, 0.1) is 10.8 Å². The van der Waals surface area contributed by atoms with Gasteiger partial charge in [0.1, 0.15) is 0 Å². The first-order chi connectivity index (χ1) is 9.47. The number of aryl methyl sites for hydroxylation is 2. The lowest BCUT2D eigenvalue weighted by molar-refractivity contribution is 0.102. The molecule has 0 aromatic heterocycles. The van der Waals surface area contributed by atoms with E-state index in [4.69, 9.17) is 23.2 Å². The maximum absolute atomic E-state index is 12.2. The first-order valence-corrected chi connectivity index (χ1v) is 7.90. The predicted molar refractivity (Wildman–Crippen MR) is 87.4 cm³/mol. The van der Waals surface area contributed by atoms with E-state index in [1.807, 2.05) is 13.8 Å². The van der Waals surface area contributed by atoms with Crippen molar-refractivity contribution in [2.24, 2.45) is 0 Å². The molecule has 2 rings (SSSR count). The SMILES string of the molecule is Cc1ccc(C)c(SCC(=O)c2cc(Cl)ccc2Cl)c1. The van der Waals surface area contributed by atoms with Crippen LogP contribution < -0.4 is 0 Å². The van der Waals surface area contributed by atoms with Crippen LogP contribution in [0, 0.1) is 13.8 Å². The van der Waals surface area contributed by atoms with Gasteiger partial charge in [0.2, 0.25) is 0 Å². The molecule has 2 aromatic rings. The fraction of sp³-hybridized carbons (Fsp3) is 0.188. The molecule has 0 N–H and O–H groups in total. The monoisotopic (exact) mass is 324 g/mol. The zero-order valence-electron chi connectivity index (χ0n) is 11.2. The third-order valence-corrected chi connectivity index (χ3v) is 4.65. The predicted octanol–water partition coefficient (Wildman–Crippen LogP) is 5.59. The van der Waals surface area contributed by atoms with E-state index in [-0.39, 0.29) is 5.78 Å². The summed E-state index contributed by atoms with van der Waals surface area (Å²) in [5, 5.41) is 0.968. The van der Waals surface area contributed by atoms with E-state index in [0.29, 0.717) is 21.4 Å². The van der Waals surface area contributed by atoms with Crippen molar-refractivity contribution in [2.75, 3.05) is 5.75 Å². The van der Waals surface area contributed by atoms with E-state index in [1.54, 1.807) is 18.2 Å². The highest BCUT2D eigenvalue weighted by Crippen LogP contribution is 2.27. The summed E-state index contributed by atoms with van der Waals surface area (Å²) in [6.07, 6.45) is 0. The highest BCUT2D eigenvalue weighted by Gasteiger charge is 2.12. The third-order valence-electron chi connectivity index (χ3n) is 2.93. The van der Waals surface area contributed by atoms with Crippen molar-refractivity contribution in [3.8, 4) is 0 Å². The van der Waals surface area contributed by atoms with Gasteiger partial charge in [-0.3, -0.25) is 4.79 Å². The van der Waals surface area contributed by atoms with Crippen LogP contribution in [0.4, 0.5) is 0 Å². The van der Waals surface area contributed by atoms with Crippen LogP contribution in [0.3, 0.4) is 0 Å². The molecule has 20 heavy (non-hydrogen) atoms. The molecule has 0 atom stereocenters. The summed E-state index contributed by atoms with van der Waals surface area (Å²) in [6, 6.07) is 11.2. The number of hydrogen-bond acceptors (Lipinski definition) is 2. The summed E-state index contributed by atoms with van der Waals surface area (Å²) in [5.41, 5.74) is 2.84. The molecule has 0 heterocycles. The summed E-state index contributed by atoms with van der Waals surface area (Å²) >= 11 is 13.5. The summed E-state index contributed by atoms with van der Waals surface area (Å²) < 4.78 is 0. The zero-order chi connectivity index (χ0) is 14.7. The van der Waals surface area contributed by atoms with Crippen LogP contribution in [0.5, 0.6) is 0 Å². The van der Waals surface area contributed by atoms with Gasteiger partial charge in [0.25, 0.3) is 0 Å². The van der Waals surface area contributed by atoms with Crippen LogP contribution in [0.25, 0.3) is 0 Å². The largest absolute Gasteiger partial charge is 0.293 e. The molecule has 0 aliphatic rings. The quantitative estimate of drug-likeness (QED) is 0.539. The molecular formula is C16H14Cl2OS. The topological polar surface area (TPSA) is 17.1 Å². The van der Waals surface area contributed by atoms with E-state index < -0.39 is 0 Å². The molecule has 0 amide bonds. The van der Waals surface area contributed by atoms with E-state index in [1.165, 1.54) is 22.9 Å². The minimum atomic E-state index is -0.0107. The maximum atomic E-state index is 12.2. The number of carbonyl (C=O) groups is 1. The van der Waals surface area contributed by atoms with Crippen molar-refractivity contribution in [1.29, 1.82) is 0 Å². The van der Waals surface area contributed by atoms with Crippen LogP contribution in [0.1, 0.15) is 21.5 Å². The Hall–Kier alpha value is -0.960. The van der Waals surface area contributed by atoms with Crippen molar-refractivity contribution < 1.29 is 4.79 Å². The maximum Gasteiger partial charge on any atom is 0.174 e. The van der Waals surface area contributed by atoms with Gasteiger partial charge in [-0.05, 0) is 43.7 Å². The lowest BCUT2D eigenvalue weighted by Gasteiger charge is -2.07. The smallest absolute Gasteiger partial charge is 0.174 e. The van der Waals surface area contributed by atoms with E-state index in [0.717, 1.165) is 4.90 Å². The molecule has 0 saturated carbocycles. The summed E-state index contributed by atoms with van der Waals surface area (Å²) in [7, 11) is 0. The first-order valence-electron chi connectivity index (χ1n) is 6.15. The Morgan fingerprint density at radius 2 is 1.85 bits per heavy atom. The van der Waals surface area contributed by atoms with Gasteiger partial charge in [0, 0.05) is 15.5 Å². The van der Waals surface area contributed by atoms with Gasteiger partial charge in [-0.1, -0.05) is 40.9 Å². The minimum Gasteiger partial charge on any atom is -0.293 e. The van der Waals surface area contributed by atoms with Crippen LogP contribution in [-0.2, 0) is 0 Å². The van der Waals surface area contributed by atoms with Crippen molar-refractivity contribution in [3.63, 3.8) is 0 Å². The molecule has 0 bridgehead atoms. The van der Waals surface area contributed by atoms with Crippen LogP contribution in [0.15, 0.2) is 41.3 Å². The average molecular weight is 325 g/mol. The molecule has 0 aliphatic heterocycles. The minimum absolute atomic E-state index is 0.0107. The van der Waals surface area contributed by atoms with Gasteiger partial charge in [0.15, 0.2) is 5.78 Å². The second-order valence-corrected chi connectivity index (χ2v) is 6.47. The number of benzene rings is 2. The van der Waals surface area contributed by atoms with Gasteiger partial charge >= 0.3 is 0 Å². The third kappa shape index (κ3) is 3.78. The van der Waals surface area contributed by atoms with Gasteiger partial charge < -0.3 is 0 Å². The van der Waals surface area contributed by atoms with Crippen LogP contribution in [-0.4, -0.2) is 11.5 Å². The molecule has 0 radical (unpaired) electrons. The second kappa shape index (κ2) is 6.66. The normalized spacial score (nSPS) is 10.6. The Balaban J connectivity index is 2.12. The highest BCUT2D eigenvalue weighted by molar-refractivity contribution is 8.00. The van der Waals surface area contributed by atoms with Crippen LogP contribution in [0.2, 0.25) is 10.0 Å². The molecule has 0 fully saturated rings. The number of thioether (sulfide) groups is 1. The fourth-order valence-electron chi connectivity index (χ4n) is 1.80. The van der Waals surface area contributed by atoms with Gasteiger partial charge in [-0.2, -0.15) is 0 Å². The summed E-state index contributed by atoms with van der Waals surface area (Å²) in [5.74, 6) is 0.341. The average Bonchev–Trinajstić information content (AvgIpc) is 2.42. The van der Waals surface area contributed by atoms with Gasteiger partial charge in [-0.15, -0.1) is 11.8 Å². The molecule has 0 saturated heterocycles. The van der Waals surface area contributed by atoms with Crippen molar-refractivity contribution in [1.82, 2.24) is 0 Å². The molecular weight excluding hydrogens is 311 g/mol.